The maximum atomic E-state index is 11.8. The summed E-state index contributed by atoms with van der Waals surface area (Å²) in [7, 11) is 0. The summed E-state index contributed by atoms with van der Waals surface area (Å²) in [6, 6.07) is -1.36. The number of ether oxygens (including phenoxy) is 1. The van der Waals surface area contributed by atoms with Crippen LogP contribution in [0.5, 0.6) is 0 Å². The summed E-state index contributed by atoms with van der Waals surface area (Å²) in [5, 5.41) is 13.4. The second-order valence-electron chi connectivity index (χ2n) is 4.21. The van der Waals surface area contributed by atoms with Crippen LogP contribution in [-0.4, -0.2) is 49.1 Å². The van der Waals surface area contributed by atoms with E-state index in [0.717, 1.165) is 0 Å². The van der Waals surface area contributed by atoms with E-state index in [1.165, 1.54) is 0 Å². The van der Waals surface area contributed by atoms with Crippen molar-refractivity contribution in [3.8, 4) is 0 Å². The molecule has 110 valence electrons. The van der Waals surface area contributed by atoms with Crippen LogP contribution < -0.4 is 10.6 Å². The van der Waals surface area contributed by atoms with Gasteiger partial charge >= 0.3 is 18.2 Å². The normalized spacial score (nSPS) is 23.1. The lowest BCUT2D eigenvalue weighted by molar-refractivity contribution is -0.142. The zero-order valence-electron chi connectivity index (χ0n) is 10.00. The molecular weight excluding hydrogens is 269 g/mol. The van der Waals surface area contributed by atoms with Gasteiger partial charge in [0.1, 0.15) is 5.92 Å². The van der Waals surface area contributed by atoms with Gasteiger partial charge in [-0.2, -0.15) is 13.2 Å². The molecule has 0 aliphatic carbocycles. The Bertz CT molecular complexity index is 335. The molecule has 1 fully saturated rings. The Morgan fingerprint density at radius 3 is 2.58 bits per heavy atom. The van der Waals surface area contributed by atoms with E-state index in [9.17, 15) is 22.8 Å². The van der Waals surface area contributed by atoms with Crippen LogP contribution in [0.2, 0.25) is 0 Å². The molecule has 2 atom stereocenters. The van der Waals surface area contributed by atoms with Gasteiger partial charge in [-0.15, -0.1) is 0 Å². The van der Waals surface area contributed by atoms with Crippen LogP contribution in [0.4, 0.5) is 18.0 Å². The molecule has 6 nitrogen and oxygen atoms in total. The molecule has 1 saturated heterocycles. The van der Waals surface area contributed by atoms with Crippen molar-refractivity contribution in [3.05, 3.63) is 0 Å². The summed E-state index contributed by atoms with van der Waals surface area (Å²) >= 11 is 0. The van der Waals surface area contributed by atoms with Crippen molar-refractivity contribution < 1.29 is 32.6 Å². The first-order valence-electron chi connectivity index (χ1n) is 5.71. The SMILES string of the molecule is O=C(NCCCC(F)(F)F)NC1COCC1C(=O)O. The lowest BCUT2D eigenvalue weighted by atomic mass is 10.0. The number of hydrogen-bond donors (Lipinski definition) is 3. The quantitative estimate of drug-likeness (QED) is 0.649. The third-order valence-corrected chi connectivity index (χ3v) is 2.64. The van der Waals surface area contributed by atoms with Gasteiger partial charge in [0.05, 0.1) is 19.3 Å². The number of amides is 2. The second-order valence-corrected chi connectivity index (χ2v) is 4.21. The number of rotatable bonds is 5. The maximum Gasteiger partial charge on any atom is 0.389 e. The third kappa shape index (κ3) is 5.77. The lowest BCUT2D eigenvalue weighted by Crippen LogP contribution is -2.47. The molecule has 19 heavy (non-hydrogen) atoms. The van der Waals surface area contributed by atoms with Crippen molar-refractivity contribution in [3.63, 3.8) is 0 Å². The highest BCUT2D eigenvalue weighted by Crippen LogP contribution is 2.20. The number of nitrogens with one attached hydrogen (secondary N) is 2. The second kappa shape index (κ2) is 6.60. The molecule has 1 heterocycles. The van der Waals surface area contributed by atoms with Gasteiger partial charge in [-0.3, -0.25) is 4.79 Å². The number of carbonyl (C=O) groups excluding carboxylic acids is 1. The van der Waals surface area contributed by atoms with E-state index in [1.807, 2.05) is 0 Å². The number of carbonyl (C=O) groups is 2. The van der Waals surface area contributed by atoms with Crippen molar-refractivity contribution in [2.24, 2.45) is 5.92 Å². The zero-order valence-corrected chi connectivity index (χ0v) is 10.00. The Labute approximate surface area is 107 Å². The Morgan fingerprint density at radius 1 is 1.32 bits per heavy atom. The van der Waals surface area contributed by atoms with E-state index in [1.54, 1.807) is 0 Å². The molecule has 2 amide bonds. The van der Waals surface area contributed by atoms with Crippen LogP contribution in [-0.2, 0) is 9.53 Å². The van der Waals surface area contributed by atoms with Gasteiger partial charge in [0.15, 0.2) is 0 Å². The van der Waals surface area contributed by atoms with Crippen molar-refractivity contribution in [1.29, 1.82) is 0 Å². The van der Waals surface area contributed by atoms with E-state index < -0.39 is 36.6 Å². The molecule has 1 rings (SSSR count). The Kier molecular flexibility index (Phi) is 5.40. The number of alkyl halides is 3. The molecule has 0 bridgehead atoms. The van der Waals surface area contributed by atoms with E-state index in [4.69, 9.17) is 9.84 Å². The van der Waals surface area contributed by atoms with Gasteiger partial charge < -0.3 is 20.5 Å². The number of aliphatic carboxylic acids is 1. The molecule has 1 aliphatic rings. The summed E-state index contributed by atoms with van der Waals surface area (Å²) in [5.74, 6) is -1.92. The number of hydrogen-bond acceptors (Lipinski definition) is 3. The fourth-order valence-electron chi connectivity index (χ4n) is 1.65. The van der Waals surface area contributed by atoms with E-state index >= 15 is 0 Å². The maximum absolute atomic E-state index is 11.8. The minimum atomic E-state index is -4.24. The van der Waals surface area contributed by atoms with Gasteiger partial charge in [0.25, 0.3) is 0 Å². The number of halogens is 3. The average Bonchev–Trinajstić information content (AvgIpc) is 2.71. The van der Waals surface area contributed by atoms with E-state index in [2.05, 4.69) is 10.6 Å². The standard InChI is InChI=1S/C10H15F3N2O4/c11-10(12,13)2-1-3-14-9(18)15-7-5-19-4-6(7)8(16)17/h6-7H,1-5H2,(H,16,17)(H2,14,15,18). The van der Waals surface area contributed by atoms with Gasteiger partial charge in [0, 0.05) is 13.0 Å². The monoisotopic (exact) mass is 284 g/mol. The summed E-state index contributed by atoms with van der Waals surface area (Å²) in [6.07, 6.45) is -5.44. The fourth-order valence-corrected chi connectivity index (χ4v) is 1.65. The highest BCUT2D eigenvalue weighted by molar-refractivity contribution is 5.77. The molecule has 0 saturated carbocycles. The van der Waals surface area contributed by atoms with Crippen molar-refractivity contribution in [2.45, 2.75) is 25.1 Å². The van der Waals surface area contributed by atoms with Crippen molar-refractivity contribution >= 4 is 12.0 Å². The van der Waals surface area contributed by atoms with Gasteiger partial charge in [-0.1, -0.05) is 0 Å². The number of urea groups is 1. The van der Waals surface area contributed by atoms with Crippen LogP contribution in [0.15, 0.2) is 0 Å². The predicted molar refractivity (Wildman–Crippen MR) is 57.6 cm³/mol. The highest BCUT2D eigenvalue weighted by atomic mass is 19.4. The highest BCUT2D eigenvalue weighted by Gasteiger charge is 2.35. The van der Waals surface area contributed by atoms with Crippen molar-refractivity contribution in [1.82, 2.24) is 10.6 Å². The van der Waals surface area contributed by atoms with Crippen LogP contribution in [0, 0.1) is 5.92 Å². The topological polar surface area (TPSA) is 87.7 Å². The molecule has 0 aromatic heterocycles. The third-order valence-electron chi connectivity index (χ3n) is 2.64. The first-order valence-corrected chi connectivity index (χ1v) is 5.71. The Balaban J connectivity index is 2.22. The largest absolute Gasteiger partial charge is 0.481 e. The minimum Gasteiger partial charge on any atom is -0.481 e. The molecule has 9 heteroatoms. The summed E-state index contributed by atoms with van der Waals surface area (Å²) in [5.41, 5.74) is 0. The van der Waals surface area contributed by atoms with Crippen LogP contribution >= 0.6 is 0 Å². The molecule has 2 unspecified atom stereocenters. The molecule has 0 aromatic carbocycles. The summed E-state index contributed by atoms with van der Waals surface area (Å²) < 4.78 is 40.4. The summed E-state index contributed by atoms with van der Waals surface area (Å²) in [4.78, 5) is 22.1. The Morgan fingerprint density at radius 2 is 2.00 bits per heavy atom. The zero-order chi connectivity index (χ0) is 14.5. The first-order chi connectivity index (χ1) is 8.79. The predicted octanol–water partition coefficient (Wildman–Crippen LogP) is 0.728. The van der Waals surface area contributed by atoms with Crippen LogP contribution in [0.25, 0.3) is 0 Å². The van der Waals surface area contributed by atoms with Gasteiger partial charge in [-0.25, -0.2) is 4.79 Å². The van der Waals surface area contributed by atoms with Gasteiger partial charge in [0.2, 0.25) is 0 Å². The van der Waals surface area contributed by atoms with E-state index in [0.29, 0.717) is 0 Å². The Hall–Kier alpha value is -1.51. The number of carboxylic acids is 1. The number of carboxylic acid groups (broad SMARTS) is 1. The molecule has 0 aromatic rings. The van der Waals surface area contributed by atoms with Crippen molar-refractivity contribution in [2.75, 3.05) is 19.8 Å². The van der Waals surface area contributed by atoms with Crippen LogP contribution in [0.3, 0.4) is 0 Å². The first kappa shape index (κ1) is 15.5. The molecular formula is C10H15F3N2O4. The minimum absolute atomic E-state index is 0.00829. The molecule has 0 radical (unpaired) electrons. The smallest absolute Gasteiger partial charge is 0.389 e. The van der Waals surface area contributed by atoms with E-state index in [-0.39, 0.29) is 26.2 Å². The molecule has 3 N–H and O–H groups in total. The fraction of sp³-hybridized carbons (Fsp3) is 0.800. The lowest BCUT2D eigenvalue weighted by Gasteiger charge is -2.16. The van der Waals surface area contributed by atoms with Gasteiger partial charge in [-0.05, 0) is 6.42 Å². The molecule has 1 aliphatic heterocycles. The average molecular weight is 284 g/mol. The molecule has 0 spiro atoms. The van der Waals surface area contributed by atoms with Crippen LogP contribution in [0.1, 0.15) is 12.8 Å². The summed E-state index contributed by atoms with van der Waals surface area (Å²) in [6.45, 7) is -0.0437.